The van der Waals surface area contributed by atoms with Crippen LogP contribution >= 0.6 is 0 Å². The van der Waals surface area contributed by atoms with Gasteiger partial charge in [0.05, 0.1) is 0 Å². The van der Waals surface area contributed by atoms with Crippen molar-refractivity contribution in [3.63, 3.8) is 0 Å². The SMILES string of the molecule is CCN(CC)c1nc(NN)nc(NCC(C)C)n1. The summed E-state index contributed by atoms with van der Waals surface area (Å²) in [5, 5.41) is 3.18. The Hall–Kier alpha value is -1.63. The Morgan fingerprint density at radius 2 is 1.72 bits per heavy atom. The first-order chi connectivity index (χ1) is 8.60. The number of nitrogens with two attached hydrogens (primary N) is 1. The lowest BCUT2D eigenvalue weighted by molar-refractivity contribution is 0.683. The highest BCUT2D eigenvalue weighted by atomic mass is 15.4. The fraction of sp³-hybridized carbons (Fsp3) is 0.727. The molecule has 0 spiro atoms. The van der Waals surface area contributed by atoms with E-state index in [0.29, 0.717) is 23.8 Å². The third-order valence-corrected chi connectivity index (χ3v) is 2.47. The first kappa shape index (κ1) is 14.4. The minimum absolute atomic E-state index is 0.373. The molecule has 0 saturated heterocycles. The van der Waals surface area contributed by atoms with E-state index in [0.717, 1.165) is 19.6 Å². The van der Waals surface area contributed by atoms with E-state index >= 15 is 0 Å². The molecule has 0 aliphatic carbocycles. The highest BCUT2D eigenvalue weighted by molar-refractivity contribution is 5.43. The maximum Gasteiger partial charge on any atom is 0.243 e. The van der Waals surface area contributed by atoms with Gasteiger partial charge in [-0.3, -0.25) is 5.43 Å². The summed E-state index contributed by atoms with van der Waals surface area (Å²) in [5.74, 6) is 7.46. The van der Waals surface area contributed by atoms with Crippen molar-refractivity contribution in [1.29, 1.82) is 0 Å². The molecule has 7 nitrogen and oxygen atoms in total. The first-order valence-corrected chi connectivity index (χ1v) is 6.32. The minimum atomic E-state index is 0.373. The maximum atomic E-state index is 5.38. The predicted octanol–water partition coefficient (Wildman–Crippen LogP) is 1.07. The van der Waals surface area contributed by atoms with Crippen LogP contribution in [0.15, 0.2) is 0 Å². The monoisotopic (exact) mass is 253 g/mol. The van der Waals surface area contributed by atoms with Gasteiger partial charge in [0.15, 0.2) is 0 Å². The topological polar surface area (TPSA) is 92.0 Å². The Balaban J connectivity index is 2.93. The lowest BCUT2D eigenvalue weighted by atomic mass is 10.2. The number of rotatable bonds is 7. The summed E-state index contributed by atoms with van der Waals surface area (Å²) in [6.45, 7) is 10.9. The zero-order chi connectivity index (χ0) is 13.5. The van der Waals surface area contributed by atoms with Gasteiger partial charge in [-0.2, -0.15) is 15.0 Å². The maximum absolute atomic E-state index is 5.38. The van der Waals surface area contributed by atoms with E-state index in [4.69, 9.17) is 5.84 Å². The fourth-order valence-corrected chi connectivity index (χ4v) is 1.45. The molecule has 0 fully saturated rings. The Morgan fingerprint density at radius 3 is 2.22 bits per heavy atom. The zero-order valence-corrected chi connectivity index (χ0v) is 11.6. The van der Waals surface area contributed by atoms with Gasteiger partial charge < -0.3 is 10.2 Å². The molecule has 4 N–H and O–H groups in total. The van der Waals surface area contributed by atoms with Gasteiger partial charge in [-0.15, -0.1) is 0 Å². The van der Waals surface area contributed by atoms with Gasteiger partial charge in [-0.05, 0) is 19.8 Å². The molecule has 1 rings (SSSR count). The molecule has 0 atom stereocenters. The minimum Gasteiger partial charge on any atom is -0.354 e. The van der Waals surface area contributed by atoms with Gasteiger partial charge in [0.25, 0.3) is 0 Å². The lowest BCUT2D eigenvalue weighted by Crippen LogP contribution is -2.26. The van der Waals surface area contributed by atoms with Crippen LogP contribution in [0.5, 0.6) is 0 Å². The average molecular weight is 253 g/mol. The van der Waals surface area contributed by atoms with Crippen molar-refractivity contribution in [2.24, 2.45) is 11.8 Å². The number of nitrogens with one attached hydrogen (secondary N) is 2. The van der Waals surface area contributed by atoms with E-state index in [1.807, 2.05) is 4.90 Å². The number of hydrogen-bond acceptors (Lipinski definition) is 7. The van der Waals surface area contributed by atoms with E-state index in [9.17, 15) is 0 Å². The molecule has 0 aliphatic heterocycles. The zero-order valence-electron chi connectivity index (χ0n) is 11.6. The number of hydrazine groups is 1. The quantitative estimate of drug-likeness (QED) is 0.494. The second-order valence-electron chi connectivity index (χ2n) is 4.37. The van der Waals surface area contributed by atoms with Gasteiger partial charge in [-0.1, -0.05) is 13.8 Å². The Bertz CT molecular complexity index is 362. The standard InChI is InChI=1S/C11H23N7/c1-5-18(6-2)11-15-9(13-7-8(3)4)14-10(16-11)17-12/h8H,5-7,12H2,1-4H3,(H2,13,14,15,16,17). The molecule has 0 saturated carbocycles. The second-order valence-corrected chi connectivity index (χ2v) is 4.37. The van der Waals surface area contributed by atoms with Crippen LogP contribution < -0.4 is 21.5 Å². The third kappa shape index (κ3) is 3.99. The van der Waals surface area contributed by atoms with Crippen LogP contribution in [0.3, 0.4) is 0 Å². The number of hydrogen-bond donors (Lipinski definition) is 3. The van der Waals surface area contributed by atoms with E-state index in [1.165, 1.54) is 0 Å². The van der Waals surface area contributed by atoms with Gasteiger partial charge in [0.2, 0.25) is 17.8 Å². The number of anilines is 3. The van der Waals surface area contributed by atoms with Crippen LogP contribution in [0.25, 0.3) is 0 Å². The molecule has 0 aliphatic rings. The van der Waals surface area contributed by atoms with E-state index in [2.05, 4.69) is 53.4 Å². The number of aromatic nitrogens is 3. The molecule has 7 heteroatoms. The molecule has 0 amide bonds. The smallest absolute Gasteiger partial charge is 0.243 e. The van der Waals surface area contributed by atoms with Crippen molar-refractivity contribution >= 4 is 17.8 Å². The fourth-order valence-electron chi connectivity index (χ4n) is 1.45. The normalized spacial score (nSPS) is 10.6. The van der Waals surface area contributed by atoms with Crippen LogP contribution in [0, 0.1) is 5.92 Å². The van der Waals surface area contributed by atoms with Gasteiger partial charge in [-0.25, -0.2) is 5.84 Å². The summed E-state index contributed by atoms with van der Waals surface area (Å²) < 4.78 is 0. The van der Waals surface area contributed by atoms with Crippen LogP contribution in [-0.2, 0) is 0 Å². The van der Waals surface area contributed by atoms with Crippen LogP contribution in [0.2, 0.25) is 0 Å². The predicted molar refractivity (Wildman–Crippen MR) is 74.5 cm³/mol. The molecule has 1 aromatic heterocycles. The van der Waals surface area contributed by atoms with E-state index < -0.39 is 0 Å². The van der Waals surface area contributed by atoms with Gasteiger partial charge in [0.1, 0.15) is 0 Å². The number of nitrogens with zero attached hydrogens (tertiary/aromatic N) is 4. The van der Waals surface area contributed by atoms with Crippen molar-refractivity contribution in [3.8, 4) is 0 Å². The molecule has 102 valence electrons. The Kier molecular flexibility index (Phi) is 5.57. The Labute approximate surface area is 108 Å². The summed E-state index contributed by atoms with van der Waals surface area (Å²) in [7, 11) is 0. The van der Waals surface area contributed by atoms with Gasteiger partial charge in [0, 0.05) is 19.6 Å². The van der Waals surface area contributed by atoms with Crippen molar-refractivity contribution < 1.29 is 0 Å². The first-order valence-electron chi connectivity index (χ1n) is 6.32. The largest absolute Gasteiger partial charge is 0.354 e. The van der Waals surface area contributed by atoms with Crippen LogP contribution in [0.4, 0.5) is 17.8 Å². The van der Waals surface area contributed by atoms with Crippen molar-refractivity contribution in [1.82, 2.24) is 15.0 Å². The van der Waals surface area contributed by atoms with Crippen molar-refractivity contribution in [2.45, 2.75) is 27.7 Å². The molecule has 0 radical (unpaired) electrons. The lowest BCUT2D eigenvalue weighted by Gasteiger charge is -2.19. The summed E-state index contributed by atoms with van der Waals surface area (Å²) in [5.41, 5.74) is 2.47. The molecular formula is C11H23N7. The van der Waals surface area contributed by atoms with Crippen LogP contribution in [0.1, 0.15) is 27.7 Å². The second kappa shape index (κ2) is 6.95. The molecule has 18 heavy (non-hydrogen) atoms. The average Bonchev–Trinajstić information content (AvgIpc) is 2.37. The molecular weight excluding hydrogens is 230 g/mol. The van der Waals surface area contributed by atoms with Crippen molar-refractivity contribution in [3.05, 3.63) is 0 Å². The molecule has 1 heterocycles. The number of nitrogen functional groups attached to an aromatic ring is 1. The van der Waals surface area contributed by atoms with E-state index in [1.54, 1.807) is 0 Å². The Morgan fingerprint density at radius 1 is 1.11 bits per heavy atom. The third-order valence-electron chi connectivity index (χ3n) is 2.47. The highest BCUT2D eigenvalue weighted by Crippen LogP contribution is 2.13. The summed E-state index contributed by atoms with van der Waals surface area (Å²) in [6, 6.07) is 0. The molecule has 0 aromatic carbocycles. The van der Waals surface area contributed by atoms with Crippen LogP contribution in [-0.4, -0.2) is 34.6 Å². The summed E-state index contributed by atoms with van der Waals surface area (Å²) in [6.07, 6.45) is 0. The summed E-state index contributed by atoms with van der Waals surface area (Å²) >= 11 is 0. The van der Waals surface area contributed by atoms with Gasteiger partial charge >= 0.3 is 0 Å². The van der Waals surface area contributed by atoms with E-state index in [-0.39, 0.29) is 0 Å². The highest BCUT2D eigenvalue weighted by Gasteiger charge is 2.10. The molecule has 0 unspecified atom stereocenters. The summed E-state index contributed by atoms with van der Waals surface area (Å²) in [4.78, 5) is 14.9. The molecule has 1 aromatic rings. The molecule has 0 bridgehead atoms. The van der Waals surface area contributed by atoms with Crippen molar-refractivity contribution in [2.75, 3.05) is 35.3 Å².